The predicted molar refractivity (Wildman–Crippen MR) is 130 cm³/mol. The van der Waals surface area contributed by atoms with Gasteiger partial charge >= 0.3 is 6.09 Å². The number of carboxylic acid groups (broad SMARTS) is 1. The number of nitrogens with one attached hydrogen (secondary N) is 1. The molecule has 2 aliphatic rings. The molecule has 1 aliphatic heterocycles. The van der Waals surface area contributed by atoms with E-state index in [1.807, 2.05) is 28.9 Å². The molecule has 10 heteroatoms. The second kappa shape index (κ2) is 8.47. The molecular weight excluding hydrogens is 463 g/mol. The fraction of sp³-hybridized carbons (Fsp3) is 0.308. The third kappa shape index (κ3) is 3.98. The van der Waals surface area contributed by atoms with E-state index in [4.69, 9.17) is 0 Å². The first-order chi connectivity index (χ1) is 17.4. The maximum atomic E-state index is 14.6. The van der Waals surface area contributed by atoms with Gasteiger partial charge in [0.05, 0.1) is 18.0 Å². The van der Waals surface area contributed by atoms with Gasteiger partial charge in [0.1, 0.15) is 11.5 Å². The molecule has 4 aromatic rings. The van der Waals surface area contributed by atoms with E-state index in [1.165, 1.54) is 11.0 Å². The van der Waals surface area contributed by atoms with Gasteiger partial charge in [-0.2, -0.15) is 5.10 Å². The van der Waals surface area contributed by atoms with Crippen LogP contribution in [0.15, 0.2) is 49.1 Å². The van der Waals surface area contributed by atoms with Crippen molar-refractivity contribution in [1.29, 1.82) is 0 Å². The lowest BCUT2D eigenvalue weighted by Crippen LogP contribution is -2.26. The lowest BCUT2D eigenvalue weighted by molar-refractivity contribution is 0.0947. The standard InChI is InChI=1S/C26H25FN6O3/c1-15-8-22(27)21(25(34)30-19-3-4-19)9-20(15)18-10-29-33(14-18)24-11-28-23-5-2-16(13-32(23)24)17-6-7-31(12-17)26(35)36/h2,5,8-11,13-14,17,19H,3-4,6-7,12H2,1H3,(H,30,34)(H,35,36)/t17-/m0/s1. The summed E-state index contributed by atoms with van der Waals surface area (Å²) in [6, 6.07) is 7.02. The second-order valence-electron chi connectivity index (χ2n) is 9.59. The maximum Gasteiger partial charge on any atom is 0.407 e. The smallest absolute Gasteiger partial charge is 0.407 e. The Morgan fingerprint density at radius 3 is 2.72 bits per heavy atom. The molecule has 1 atom stereocenters. The normalized spacial score (nSPS) is 17.6. The van der Waals surface area contributed by atoms with Crippen LogP contribution >= 0.6 is 0 Å². The van der Waals surface area contributed by atoms with Gasteiger partial charge < -0.3 is 15.3 Å². The second-order valence-corrected chi connectivity index (χ2v) is 9.59. The Morgan fingerprint density at radius 1 is 1.14 bits per heavy atom. The Labute approximate surface area is 206 Å². The van der Waals surface area contributed by atoms with E-state index in [0.29, 0.717) is 18.7 Å². The van der Waals surface area contributed by atoms with E-state index in [1.54, 1.807) is 30.1 Å². The summed E-state index contributed by atoms with van der Waals surface area (Å²) in [6.45, 7) is 2.80. The number of amides is 2. The number of halogens is 1. The number of aromatic nitrogens is 4. The number of aryl methyl sites for hydroxylation is 1. The summed E-state index contributed by atoms with van der Waals surface area (Å²) in [5.74, 6) is -0.0931. The Morgan fingerprint density at radius 2 is 1.97 bits per heavy atom. The van der Waals surface area contributed by atoms with E-state index < -0.39 is 17.8 Å². The molecule has 184 valence electrons. The highest BCUT2D eigenvalue weighted by Gasteiger charge is 2.28. The highest BCUT2D eigenvalue weighted by molar-refractivity contribution is 5.96. The van der Waals surface area contributed by atoms with E-state index >= 15 is 0 Å². The van der Waals surface area contributed by atoms with Gasteiger partial charge in [0.2, 0.25) is 0 Å². The Kier molecular flexibility index (Phi) is 5.24. The summed E-state index contributed by atoms with van der Waals surface area (Å²) in [5, 5.41) is 16.7. The van der Waals surface area contributed by atoms with Crippen molar-refractivity contribution in [2.75, 3.05) is 13.1 Å². The molecule has 6 rings (SSSR count). The quantitative estimate of drug-likeness (QED) is 0.442. The molecule has 0 spiro atoms. The zero-order valence-corrected chi connectivity index (χ0v) is 19.7. The van der Waals surface area contributed by atoms with Gasteiger partial charge in [-0.3, -0.25) is 9.20 Å². The van der Waals surface area contributed by atoms with Crippen molar-refractivity contribution in [2.45, 2.75) is 38.1 Å². The van der Waals surface area contributed by atoms with Gasteiger partial charge in [0.25, 0.3) is 5.91 Å². The highest BCUT2D eigenvalue weighted by Crippen LogP contribution is 2.30. The van der Waals surface area contributed by atoms with Crippen molar-refractivity contribution in [3.63, 3.8) is 0 Å². The summed E-state index contributed by atoms with van der Waals surface area (Å²) in [4.78, 5) is 29.8. The van der Waals surface area contributed by atoms with Crippen molar-refractivity contribution >= 4 is 17.6 Å². The van der Waals surface area contributed by atoms with Crippen LogP contribution in [0.25, 0.3) is 22.6 Å². The molecule has 36 heavy (non-hydrogen) atoms. The largest absolute Gasteiger partial charge is 0.465 e. The summed E-state index contributed by atoms with van der Waals surface area (Å²) >= 11 is 0. The number of likely N-dealkylation sites (tertiary alicyclic amines) is 1. The molecule has 9 nitrogen and oxygen atoms in total. The third-order valence-electron chi connectivity index (χ3n) is 7.04. The van der Waals surface area contributed by atoms with Crippen molar-refractivity contribution < 1.29 is 19.1 Å². The molecule has 1 aromatic carbocycles. The monoisotopic (exact) mass is 488 g/mol. The van der Waals surface area contributed by atoms with E-state index in [0.717, 1.165) is 47.4 Å². The Balaban J connectivity index is 1.32. The summed E-state index contributed by atoms with van der Waals surface area (Å²) in [6.07, 6.45) is 8.97. The zero-order valence-electron chi connectivity index (χ0n) is 19.7. The van der Waals surface area contributed by atoms with Gasteiger partial charge in [-0.25, -0.2) is 18.9 Å². The maximum absolute atomic E-state index is 14.6. The number of hydrogen-bond donors (Lipinski definition) is 2. The first-order valence-electron chi connectivity index (χ1n) is 12.0. The number of nitrogens with zero attached hydrogens (tertiary/aromatic N) is 5. The highest BCUT2D eigenvalue weighted by atomic mass is 19.1. The minimum absolute atomic E-state index is 0.0293. The van der Waals surface area contributed by atoms with Crippen LogP contribution in [0.3, 0.4) is 0 Å². The van der Waals surface area contributed by atoms with Gasteiger partial charge in [0, 0.05) is 43.0 Å². The minimum Gasteiger partial charge on any atom is -0.465 e. The van der Waals surface area contributed by atoms with Crippen molar-refractivity contribution in [1.82, 2.24) is 29.4 Å². The molecule has 2 amide bonds. The van der Waals surface area contributed by atoms with Crippen LogP contribution in [0.5, 0.6) is 0 Å². The number of pyridine rings is 1. The van der Waals surface area contributed by atoms with Gasteiger partial charge in [-0.05, 0) is 61.1 Å². The van der Waals surface area contributed by atoms with Gasteiger partial charge in [-0.1, -0.05) is 6.07 Å². The van der Waals surface area contributed by atoms with Crippen LogP contribution in [0.4, 0.5) is 9.18 Å². The Hall–Kier alpha value is -4.21. The van der Waals surface area contributed by atoms with Crippen LogP contribution in [-0.2, 0) is 0 Å². The number of rotatable bonds is 5. The molecule has 1 aliphatic carbocycles. The Bertz CT molecular complexity index is 1500. The number of imidazole rings is 1. The molecule has 0 radical (unpaired) electrons. The first-order valence-corrected chi connectivity index (χ1v) is 12.0. The van der Waals surface area contributed by atoms with Crippen LogP contribution < -0.4 is 5.32 Å². The topological polar surface area (TPSA) is 105 Å². The average molecular weight is 489 g/mol. The number of hydrogen-bond acceptors (Lipinski definition) is 4. The minimum atomic E-state index is -0.893. The lowest BCUT2D eigenvalue weighted by atomic mass is 9.99. The fourth-order valence-corrected chi connectivity index (χ4v) is 4.84. The van der Waals surface area contributed by atoms with Crippen LogP contribution in [0.2, 0.25) is 0 Å². The summed E-state index contributed by atoms with van der Waals surface area (Å²) in [7, 11) is 0. The summed E-state index contributed by atoms with van der Waals surface area (Å²) in [5.41, 5.74) is 4.01. The molecule has 1 saturated heterocycles. The van der Waals surface area contributed by atoms with E-state index in [9.17, 15) is 19.1 Å². The number of carbonyl (C=O) groups is 2. The number of carbonyl (C=O) groups excluding carboxylic acids is 1. The van der Waals surface area contributed by atoms with Crippen LogP contribution in [0.1, 0.15) is 46.7 Å². The third-order valence-corrected chi connectivity index (χ3v) is 7.04. The molecule has 0 bridgehead atoms. The van der Waals surface area contributed by atoms with Crippen molar-refractivity contribution in [3.8, 4) is 16.9 Å². The van der Waals surface area contributed by atoms with Crippen LogP contribution in [0, 0.1) is 12.7 Å². The van der Waals surface area contributed by atoms with Crippen molar-refractivity contribution in [2.24, 2.45) is 0 Å². The molecular formula is C26H25FN6O3. The fourth-order valence-electron chi connectivity index (χ4n) is 4.84. The van der Waals surface area contributed by atoms with Gasteiger partial charge in [0.15, 0.2) is 5.82 Å². The lowest BCUT2D eigenvalue weighted by Gasteiger charge is -2.13. The molecule has 3 aromatic heterocycles. The molecule has 1 saturated carbocycles. The molecule has 0 unspecified atom stereocenters. The average Bonchev–Trinajstić information content (AvgIpc) is 3.25. The predicted octanol–water partition coefficient (Wildman–Crippen LogP) is 3.99. The summed E-state index contributed by atoms with van der Waals surface area (Å²) < 4.78 is 18.2. The molecule has 2 fully saturated rings. The molecule has 2 N–H and O–H groups in total. The zero-order chi connectivity index (χ0) is 25.0. The van der Waals surface area contributed by atoms with E-state index in [2.05, 4.69) is 15.4 Å². The molecule has 4 heterocycles. The number of benzene rings is 1. The van der Waals surface area contributed by atoms with Crippen LogP contribution in [-0.4, -0.2) is 60.3 Å². The van der Waals surface area contributed by atoms with Gasteiger partial charge in [-0.15, -0.1) is 0 Å². The first kappa shape index (κ1) is 22.3. The number of fused-ring (bicyclic) bond motifs is 1. The SMILES string of the molecule is Cc1cc(F)c(C(=O)NC2CC2)cc1-c1cnn(-c2cnc3ccc([C@H]4CCN(C(=O)O)C4)cn23)c1. The van der Waals surface area contributed by atoms with Crippen molar-refractivity contribution in [3.05, 3.63) is 71.6 Å². The van der Waals surface area contributed by atoms with E-state index in [-0.39, 0.29) is 17.5 Å².